The van der Waals surface area contributed by atoms with Crippen molar-refractivity contribution in [3.63, 3.8) is 0 Å². The minimum absolute atomic E-state index is 0.0269. The van der Waals surface area contributed by atoms with Gasteiger partial charge in [-0.2, -0.15) is 0 Å². The summed E-state index contributed by atoms with van der Waals surface area (Å²) in [6.07, 6.45) is 1.96. The lowest BCUT2D eigenvalue weighted by molar-refractivity contribution is -0.0553. The molecule has 0 saturated carbocycles. The smallest absolute Gasteiger partial charge is 0.251 e. The van der Waals surface area contributed by atoms with Crippen molar-refractivity contribution < 1.29 is 9.53 Å². The number of nitrogens with one attached hydrogen (secondary N) is 2. The lowest BCUT2D eigenvalue weighted by Gasteiger charge is -2.36. The summed E-state index contributed by atoms with van der Waals surface area (Å²) in [7, 11) is 0. The van der Waals surface area contributed by atoms with Gasteiger partial charge >= 0.3 is 0 Å². The van der Waals surface area contributed by atoms with E-state index in [9.17, 15) is 4.79 Å². The zero-order valence-corrected chi connectivity index (χ0v) is 13.4. The van der Waals surface area contributed by atoms with E-state index in [2.05, 4.69) is 24.5 Å². The molecule has 21 heavy (non-hydrogen) atoms. The summed E-state index contributed by atoms with van der Waals surface area (Å²) < 4.78 is 5.73. The molecule has 1 fully saturated rings. The maximum absolute atomic E-state index is 12.0. The van der Waals surface area contributed by atoms with Crippen LogP contribution in [0.1, 0.15) is 50.9 Å². The Morgan fingerprint density at radius 2 is 2.14 bits per heavy atom. The highest BCUT2D eigenvalue weighted by molar-refractivity contribution is 5.95. The van der Waals surface area contributed by atoms with Gasteiger partial charge in [-0.25, -0.2) is 0 Å². The number of hydrogen-bond donors (Lipinski definition) is 2. The number of carbonyl (C=O) groups is 1. The maximum atomic E-state index is 12.0. The first-order valence-corrected chi connectivity index (χ1v) is 7.67. The Bertz CT molecular complexity index is 497. The molecule has 4 nitrogen and oxygen atoms in total. The van der Waals surface area contributed by atoms with Crippen LogP contribution in [0.2, 0.25) is 0 Å². The average Bonchev–Trinajstić information content (AvgIpc) is 2.37. The van der Waals surface area contributed by atoms with E-state index in [0.717, 1.165) is 25.1 Å². The van der Waals surface area contributed by atoms with Gasteiger partial charge < -0.3 is 15.4 Å². The van der Waals surface area contributed by atoms with Gasteiger partial charge in [0.05, 0.1) is 5.60 Å². The van der Waals surface area contributed by atoms with Crippen LogP contribution in [0.25, 0.3) is 0 Å². The number of amides is 1. The fourth-order valence-electron chi connectivity index (χ4n) is 2.69. The molecule has 2 rings (SSSR count). The Hall–Kier alpha value is -1.55. The van der Waals surface area contributed by atoms with Crippen LogP contribution in [0.4, 0.5) is 5.69 Å². The summed E-state index contributed by atoms with van der Waals surface area (Å²) in [5.41, 5.74) is 1.61. The highest BCUT2D eigenvalue weighted by atomic mass is 16.5. The minimum Gasteiger partial charge on any atom is -0.382 e. The van der Waals surface area contributed by atoms with Crippen molar-refractivity contribution in [2.45, 2.75) is 58.2 Å². The fourth-order valence-corrected chi connectivity index (χ4v) is 2.69. The van der Waals surface area contributed by atoms with Crippen LogP contribution in [0, 0.1) is 0 Å². The molecule has 1 aliphatic rings. The van der Waals surface area contributed by atoms with Gasteiger partial charge in [0.25, 0.3) is 5.91 Å². The van der Waals surface area contributed by atoms with Gasteiger partial charge in [-0.05, 0) is 58.7 Å². The normalized spacial score (nSPS) is 21.1. The van der Waals surface area contributed by atoms with Gasteiger partial charge in [0.15, 0.2) is 0 Å². The highest BCUT2D eigenvalue weighted by Gasteiger charge is 2.28. The third kappa shape index (κ3) is 4.74. The molecule has 1 unspecified atom stereocenters. The van der Waals surface area contributed by atoms with Gasteiger partial charge in [-0.1, -0.05) is 6.07 Å². The van der Waals surface area contributed by atoms with E-state index in [0.29, 0.717) is 11.6 Å². The predicted molar refractivity (Wildman–Crippen MR) is 85.7 cm³/mol. The summed E-state index contributed by atoms with van der Waals surface area (Å²) in [4.78, 5) is 12.0. The number of rotatable bonds is 4. The first kappa shape index (κ1) is 15.8. The van der Waals surface area contributed by atoms with Crippen molar-refractivity contribution in [3.05, 3.63) is 29.8 Å². The predicted octanol–water partition coefficient (Wildman–Crippen LogP) is 3.19. The van der Waals surface area contributed by atoms with Crippen molar-refractivity contribution in [3.8, 4) is 0 Å². The summed E-state index contributed by atoms with van der Waals surface area (Å²) >= 11 is 0. The maximum Gasteiger partial charge on any atom is 0.251 e. The fraction of sp³-hybridized carbons (Fsp3) is 0.588. The van der Waals surface area contributed by atoms with Crippen LogP contribution in [0.15, 0.2) is 24.3 Å². The first-order valence-electron chi connectivity index (χ1n) is 7.67. The molecule has 1 saturated heterocycles. The van der Waals surface area contributed by atoms with Gasteiger partial charge in [-0.3, -0.25) is 4.79 Å². The van der Waals surface area contributed by atoms with Crippen LogP contribution in [0.5, 0.6) is 0 Å². The van der Waals surface area contributed by atoms with Crippen molar-refractivity contribution in [2.75, 3.05) is 11.9 Å². The number of benzene rings is 1. The Kier molecular flexibility index (Phi) is 4.88. The molecule has 4 heteroatoms. The number of carbonyl (C=O) groups excluding carboxylic acids is 1. The zero-order valence-electron chi connectivity index (χ0n) is 13.4. The minimum atomic E-state index is -0.0808. The number of ether oxygens (including phenoxy) is 1. The van der Waals surface area contributed by atoms with Crippen molar-refractivity contribution in [1.29, 1.82) is 0 Å². The largest absolute Gasteiger partial charge is 0.382 e. The molecule has 1 aromatic rings. The standard InChI is InChI=1S/C17H26N2O2/c1-12(2)18-16(20)13-6-5-7-14(10-13)19-15-8-9-21-17(3,4)11-15/h5-7,10,12,15,19H,8-9,11H2,1-4H3,(H,18,20). The van der Waals surface area contributed by atoms with Gasteiger partial charge in [-0.15, -0.1) is 0 Å². The van der Waals surface area contributed by atoms with E-state index >= 15 is 0 Å². The summed E-state index contributed by atoms with van der Waals surface area (Å²) in [5.74, 6) is -0.0269. The summed E-state index contributed by atoms with van der Waals surface area (Å²) in [6, 6.07) is 8.22. The van der Waals surface area contributed by atoms with E-state index in [1.54, 1.807) is 0 Å². The van der Waals surface area contributed by atoms with Crippen LogP contribution < -0.4 is 10.6 Å². The Morgan fingerprint density at radius 1 is 1.38 bits per heavy atom. The van der Waals surface area contributed by atoms with Gasteiger partial charge in [0, 0.05) is 29.9 Å². The molecule has 2 N–H and O–H groups in total. The molecule has 1 amide bonds. The molecule has 0 spiro atoms. The van der Waals surface area contributed by atoms with E-state index in [4.69, 9.17) is 4.74 Å². The van der Waals surface area contributed by atoms with Crippen molar-refractivity contribution in [2.24, 2.45) is 0 Å². The molecule has 1 aromatic carbocycles. The number of anilines is 1. The average molecular weight is 290 g/mol. The Balaban J connectivity index is 2.02. The molecule has 0 bridgehead atoms. The van der Waals surface area contributed by atoms with Crippen LogP contribution in [-0.4, -0.2) is 30.2 Å². The molecular formula is C17H26N2O2. The molecule has 1 aliphatic heterocycles. The molecule has 0 aromatic heterocycles. The quantitative estimate of drug-likeness (QED) is 0.895. The van der Waals surface area contributed by atoms with Crippen LogP contribution in [-0.2, 0) is 4.74 Å². The van der Waals surface area contributed by atoms with E-state index in [-0.39, 0.29) is 17.6 Å². The molecule has 1 heterocycles. The molecule has 116 valence electrons. The first-order chi connectivity index (χ1) is 9.85. The van der Waals surface area contributed by atoms with Crippen molar-refractivity contribution in [1.82, 2.24) is 5.32 Å². The lowest BCUT2D eigenvalue weighted by atomic mass is 9.93. The second kappa shape index (κ2) is 6.48. The van der Waals surface area contributed by atoms with E-state index < -0.39 is 0 Å². The van der Waals surface area contributed by atoms with Crippen molar-refractivity contribution >= 4 is 11.6 Å². The zero-order chi connectivity index (χ0) is 15.5. The third-order valence-electron chi connectivity index (χ3n) is 3.61. The second-order valence-electron chi connectivity index (χ2n) is 6.65. The second-order valence-corrected chi connectivity index (χ2v) is 6.65. The van der Waals surface area contributed by atoms with Gasteiger partial charge in [0.2, 0.25) is 0 Å². The molecule has 1 atom stereocenters. The van der Waals surface area contributed by atoms with Gasteiger partial charge in [0.1, 0.15) is 0 Å². The third-order valence-corrected chi connectivity index (χ3v) is 3.61. The number of hydrogen-bond acceptors (Lipinski definition) is 3. The lowest BCUT2D eigenvalue weighted by Crippen LogP contribution is -2.40. The Morgan fingerprint density at radius 3 is 2.81 bits per heavy atom. The summed E-state index contributed by atoms with van der Waals surface area (Å²) in [5, 5.41) is 6.44. The van der Waals surface area contributed by atoms with Crippen LogP contribution >= 0.6 is 0 Å². The Labute approximate surface area is 127 Å². The SMILES string of the molecule is CC(C)NC(=O)c1cccc(NC2CCOC(C)(C)C2)c1. The molecule has 0 aliphatic carbocycles. The van der Waals surface area contributed by atoms with E-state index in [1.165, 1.54) is 0 Å². The topological polar surface area (TPSA) is 50.4 Å². The van der Waals surface area contributed by atoms with Crippen LogP contribution in [0.3, 0.4) is 0 Å². The molecular weight excluding hydrogens is 264 g/mol. The molecule has 0 radical (unpaired) electrons. The highest BCUT2D eigenvalue weighted by Crippen LogP contribution is 2.26. The monoisotopic (exact) mass is 290 g/mol. The summed E-state index contributed by atoms with van der Waals surface area (Å²) in [6.45, 7) is 8.94. The van der Waals surface area contributed by atoms with E-state index in [1.807, 2.05) is 38.1 Å².